The topological polar surface area (TPSA) is 117 Å². The number of benzene rings is 1. The minimum absolute atomic E-state index is 0.0624. The monoisotopic (exact) mass is 465 g/mol. The molecule has 0 saturated carbocycles. The summed E-state index contributed by atoms with van der Waals surface area (Å²) in [5, 5.41) is 4.65. The van der Waals surface area contributed by atoms with Crippen molar-refractivity contribution in [1.29, 1.82) is 0 Å². The van der Waals surface area contributed by atoms with Gasteiger partial charge in [-0.15, -0.1) is 0 Å². The normalized spacial score (nSPS) is 20.6. The van der Waals surface area contributed by atoms with E-state index in [-0.39, 0.29) is 46.8 Å². The molecule has 0 N–H and O–H groups in total. The van der Waals surface area contributed by atoms with E-state index in [1.807, 2.05) is 0 Å². The van der Waals surface area contributed by atoms with Gasteiger partial charge in [-0.2, -0.15) is 5.10 Å². The first-order valence-corrected chi connectivity index (χ1v) is 11.9. The Kier molecular flexibility index (Phi) is 5.01. The highest BCUT2D eigenvalue weighted by atomic mass is 32.2. The van der Waals surface area contributed by atoms with Gasteiger partial charge in [0.25, 0.3) is 0 Å². The number of nitrogens with zero attached hydrogens (tertiary/aromatic N) is 5. The van der Waals surface area contributed by atoms with Crippen molar-refractivity contribution in [2.75, 3.05) is 19.3 Å². The first-order valence-electron chi connectivity index (χ1n) is 11.6. The number of carbonyl (C=O) groups is 1. The maximum absolute atomic E-state index is 12.1. The van der Waals surface area contributed by atoms with Gasteiger partial charge in [0.15, 0.2) is 15.5 Å². The Morgan fingerprint density at radius 1 is 1.28 bits per heavy atom. The van der Waals surface area contributed by atoms with Gasteiger partial charge in [0.1, 0.15) is 17.8 Å². The molecule has 170 valence electrons. The third kappa shape index (κ3) is 4.67. The molecule has 1 amide bonds. The van der Waals surface area contributed by atoms with Crippen molar-refractivity contribution in [1.82, 2.24) is 24.6 Å². The Balaban J connectivity index is 1.60. The summed E-state index contributed by atoms with van der Waals surface area (Å²) in [6.07, 6.45) is 2.13. The van der Waals surface area contributed by atoms with Gasteiger partial charge < -0.3 is 14.4 Å². The second kappa shape index (κ2) is 8.73. The van der Waals surface area contributed by atoms with Crippen molar-refractivity contribution in [2.24, 2.45) is 0 Å². The van der Waals surface area contributed by atoms with Crippen molar-refractivity contribution in [3.63, 3.8) is 0 Å². The van der Waals surface area contributed by atoms with Crippen LogP contribution in [-0.2, 0) is 14.6 Å². The van der Waals surface area contributed by atoms with Crippen LogP contribution in [-0.4, -0.2) is 70.7 Å². The van der Waals surface area contributed by atoms with Gasteiger partial charge in [0.2, 0.25) is 5.88 Å². The molecule has 1 aliphatic heterocycles. The van der Waals surface area contributed by atoms with E-state index in [4.69, 9.17) is 13.6 Å². The molecule has 0 bridgehead atoms. The number of amides is 1. The summed E-state index contributed by atoms with van der Waals surface area (Å²) >= 11 is 0. The predicted octanol–water partition coefficient (Wildman–Crippen LogP) is 2.61. The first-order chi connectivity index (χ1) is 16.5. The molecule has 0 spiro atoms. The van der Waals surface area contributed by atoms with E-state index < -0.39 is 28.4 Å². The number of fused-ring (bicyclic) bond motifs is 1. The summed E-state index contributed by atoms with van der Waals surface area (Å²) in [6, 6.07) is 1.93. The molecule has 0 radical (unpaired) electrons. The zero-order chi connectivity index (χ0) is 25.5. The van der Waals surface area contributed by atoms with Gasteiger partial charge in [-0.25, -0.2) is 27.9 Å². The van der Waals surface area contributed by atoms with Crippen molar-refractivity contribution < 1.29 is 26.8 Å². The van der Waals surface area contributed by atoms with Gasteiger partial charge in [0, 0.05) is 33.5 Å². The van der Waals surface area contributed by atoms with Crippen LogP contribution in [0.1, 0.15) is 30.8 Å². The highest BCUT2D eigenvalue weighted by Crippen LogP contribution is 2.26. The van der Waals surface area contributed by atoms with Crippen LogP contribution in [0.15, 0.2) is 41.6 Å². The van der Waals surface area contributed by atoms with E-state index in [9.17, 15) is 13.2 Å². The minimum Gasteiger partial charge on any atom is -0.474 e. The highest BCUT2D eigenvalue weighted by Gasteiger charge is 2.26. The fourth-order valence-electron chi connectivity index (χ4n) is 3.21. The molecule has 32 heavy (non-hydrogen) atoms. The zero-order valence-electron chi connectivity index (χ0n) is 20.8. The van der Waals surface area contributed by atoms with E-state index in [1.165, 1.54) is 22.1 Å². The molecule has 10 nitrogen and oxygen atoms in total. The number of piperidine rings is 1. The van der Waals surface area contributed by atoms with E-state index in [0.717, 1.165) is 18.4 Å². The number of likely N-dealkylation sites (tertiary alicyclic amines) is 1. The highest BCUT2D eigenvalue weighted by molar-refractivity contribution is 7.90. The van der Waals surface area contributed by atoms with E-state index in [2.05, 4.69) is 15.1 Å². The number of carbonyl (C=O) groups excluding carboxylic acids is 1. The van der Waals surface area contributed by atoms with Crippen molar-refractivity contribution in [2.45, 2.75) is 43.8 Å². The molecule has 4 rings (SSSR count). The van der Waals surface area contributed by atoms with Gasteiger partial charge in [-0.05, 0) is 38.1 Å². The van der Waals surface area contributed by atoms with Crippen LogP contribution in [0.2, 0.25) is 0 Å². The Bertz CT molecular complexity index is 1360. The molecule has 1 fully saturated rings. The van der Waals surface area contributed by atoms with E-state index in [1.54, 1.807) is 13.8 Å². The minimum atomic E-state index is -3.59. The van der Waals surface area contributed by atoms with E-state index >= 15 is 0 Å². The lowest BCUT2D eigenvalue weighted by molar-refractivity contribution is 0.0511. The lowest BCUT2D eigenvalue weighted by atomic mass is 10.1. The van der Waals surface area contributed by atoms with Crippen LogP contribution in [0.5, 0.6) is 5.88 Å². The van der Waals surface area contributed by atoms with Crippen LogP contribution < -0.4 is 4.74 Å². The molecule has 1 aliphatic rings. The number of rotatable bonds is 5. The third-order valence-electron chi connectivity index (χ3n) is 4.80. The molecule has 3 aromatic rings. The smallest absolute Gasteiger partial charge is 0.410 e. The van der Waals surface area contributed by atoms with Gasteiger partial charge in [-0.1, -0.05) is 0 Å². The number of hydrogen-bond acceptors (Lipinski definition) is 8. The molecule has 1 saturated heterocycles. The van der Waals surface area contributed by atoms with Crippen LogP contribution in [0.3, 0.4) is 0 Å². The molecule has 0 aliphatic carbocycles. The average molecular weight is 466 g/mol. The third-order valence-corrected chi connectivity index (χ3v) is 5.89. The quantitative estimate of drug-likeness (QED) is 0.564. The largest absolute Gasteiger partial charge is 0.474 e. The van der Waals surface area contributed by atoms with E-state index in [0.29, 0.717) is 18.4 Å². The maximum atomic E-state index is 12.1. The summed E-state index contributed by atoms with van der Waals surface area (Å²) in [5.41, 5.74) is 0.330. The summed E-state index contributed by atoms with van der Waals surface area (Å²) in [4.78, 5) is 21.9. The lowest BCUT2D eigenvalue weighted by Crippen LogP contribution is -2.42. The van der Waals surface area contributed by atoms with Crippen molar-refractivity contribution in [3.8, 4) is 11.6 Å². The molecule has 2 unspecified atom stereocenters. The van der Waals surface area contributed by atoms with Gasteiger partial charge in [0.05, 0.1) is 25.6 Å². The van der Waals surface area contributed by atoms with Crippen LogP contribution in [0.4, 0.5) is 4.79 Å². The zero-order valence-corrected chi connectivity index (χ0v) is 18.7. The Morgan fingerprint density at radius 2 is 2.03 bits per heavy atom. The summed E-state index contributed by atoms with van der Waals surface area (Å²) in [6.45, 7) is 4.05. The second-order valence-corrected chi connectivity index (χ2v) is 9.65. The SMILES string of the molecule is [3H]c1cc(S(C)(=O)=O)cc([3H])c1-n1ncc2c(OC3CCN(C(=O)OC(C)C)CC3[3H])ncnc21. The summed E-state index contributed by atoms with van der Waals surface area (Å²) in [7, 11) is -3.59. The van der Waals surface area contributed by atoms with Crippen LogP contribution >= 0.6 is 0 Å². The average Bonchev–Trinajstić information content (AvgIpc) is 3.18. The lowest BCUT2D eigenvalue weighted by Gasteiger charge is -2.31. The number of ether oxygens (including phenoxy) is 2. The fraction of sp³-hybridized carbons (Fsp3) is 0.429. The van der Waals surface area contributed by atoms with Crippen molar-refractivity contribution >= 4 is 27.0 Å². The molecule has 2 aromatic heterocycles. The number of hydrogen-bond donors (Lipinski definition) is 0. The van der Waals surface area contributed by atoms with Gasteiger partial charge >= 0.3 is 6.09 Å². The molecule has 2 atom stereocenters. The van der Waals surface area contributed by atoms with Crippen LogP contribution in [0, 0.1) is 0 Å². The Labute approximate surface area is 190 Å². The Morgan fingerprint density at radius 3 is 2.69 bits per heavy atom. The maximum Gasteiger partial charge on any atom is 0.410 e. The first kappa shape index (κ1) is 18.4. The summed E-state index contributed by atoms with van der Waals surface area (Å²) < 4.78 is 61.2. The van der Waals surface area contributed by atoms with Crippen molar-refractivity contribution in [3.05, 3.63) is 36.7 Å². The standard InChI is InChI=1S/C21H25N5O5S/c1-14(2)30-21(27)25-10-8-16(9-11-25)31-20-18-12-24-26(19(18)22-13-23-20)15-4-6-17(7-5-15)32(3,28)29/h4-7,12-14,16H,8-11H2,1-3H3/i4T,5T,8T. The summed E-state index contributed by atoms with van der Waals surface area (Å²) in [5.74, 6) is 0.188. The molecule has 11 heteroatoms. The number of sulfone groups is 1. The molecular formula is C21H25N5O5S. The van der Waals surface area contributed by atoms with Gasteiger partial charge in [-0.3, -0.25) is 0 Å². The molecule has 1 aromatic carbocycles. The molecule has 3 heterocycles. The fourth-order valence-corrected chi connectivity index (χ4v) is 3.75. The second-order valence-electron chi connectivity index (χ2n) is 7.63. The number of aromatic nitrogens is 4. The predicted molar refractivity (Wildman–Crippen MR) is 117 cm³/mol. The molecular weight excluding hydrogens is 434 g/mol. The Hall–Kier alpha value is -3.21. The van der Waals surface area contributed by atoms with Crippen LogP contribution in [0.25, 0.3) is 16.7 Å².